The SMILES string of the molecule is O=C(CCC1CCC1)N[C@@H]1c2ccccc2C[C@@H]1O. The van der Waals surface area contributed by atoms with Gasteiger partial charge in [-0.2, -0.15) is 0 Å². The maximum atomic E-state index is 12.0. The number of nitrogens with one attached hydrogen (secondary N) is 1. The molecule has 2 N–H and O–H groups in total. The fourth-order valence-electron chi connectivity index (χ4n) is 3.11. The van der Waals surface area contributed by atoms with Crippen molar-refractivity contribution in [2.24, 2.45) is 5.92 Å². The number of hydrogen-bond donors (Lipinski definition) is 2. The smallest absolute Gasteiger partial charge is 0.220 e. The second-order valence-corrected chi connectivity index (χ2v) is 5.85. The van der Waals surface area contributed by atoms with Crippen LogP contribution in [0.4, 0.5) is 0 Å². The highest BCUT2D eigenvalue weighted by Gasteiger charge is 2.31. The third kappa shape index (κ3) is 2.66. The molecule has 0 saturated heterocycles. The molecule has 1 aromatic carbocycles. The number of benzene rings is 1. The molecule has 0 spiro atoms. The highest BCUT2D eigenvalue weighted by atomic mass is 16.3. The van der Waals surface area contributed by atoms with Crippen LogP contribution in [-0.2, 0) is 11.2 Å². The molecule has 0 aliphatic heterocycles. The van der Waals surface area contributed by atoms with Crippen molar-refractivity contribution in [1.82, 2.24) is 5.32 Å². The monoisotopic (exact) mass is 259 g/mol. The summed E-state index contributed by atoms with van der Waals surface area (Å²) >= 11 is 0. The quantitative estimate of drug-likeness (QED) is 0.872. The summed E-state index contributed by atoms with van der Waals surface area (Å²) in [6.45, 7) is 0. The maximum absolute atomic E-state index is 12.0. The van der Waals surface area contributed by atoms with Crippen LogP contribution in [0.5, 0.6) is 0 Å². The first-order valence-electron chi connectivity index (χ1n) is 7.29. The van der Waals surface area contributed by atoms with Gasteiger partial charge < -0.3 is 10.4 Å². The van der Waals surface area contributed by atoms with Gasteiger partial charge in [-0.3, -0.25) is 4.79 Å². The maximum Gasteiger partial charge on any atom is 0.220 e. The summed E-state index contributed by atoms with van der Waals surface area (Å²) < 4.78 is 0. The lowest BCUT2D eigenvalue weighted by Gasteiger charge is -2.25. The Morgan fingerprint density at radius 3 is 2.84 bits per heavy atom. The van der Waals surface area contributed by atoms with Crippen LogP contribution < -0.4 is 5.32 Å². The molecule has 1 aromatic rings. The van der Waals surface area contributed by atoms with E-state index in [0.29, 0.717) is 12.8 Å². The van der Waals surface area contributed by atoms with Crippen LogP contribution in [0.2, 0.25) is 0 Å². The summed E-state index contributed by atoms with van der Waals surface area (Å²) in [6, 6.07) is 7.75. The minimum atomic E-state index is -0.481. The van der Waals surface area contributed by atoms with Gasteiger partial charge in [0.1, 0.15) is 0 Å². The molecule has 2 aliphatic rings. The average molecular weight is 259 g/mol. The largest absolute Gasteiger partial charge is 0.390 e. The Morgan fingerprint density at radius 2 is 2.11 bits per heavy atom. The zero-order valence-electron chi connectivity index (χ0n) is 11.1. The zero-order chi connectivity index (χ0) is 13.2. The van der Waals surface area contributed by atoms with Gasteiger partial charge in [0.25, 0.3) is 0 Å². The Bertz CT molecular complexity index is 468. The van der Waals surface area contributed by atoms with Crippen molar-refractivity contribution in [2.75, 3.05) is 0 Å². The molecule has 0 heterocycles. The number of amides is 1. The molecule has 0 unspecified atom stereocenters. The van der Waals surface area contributed by atoms with E-state index in [4.69, 9.17) is 0 Å². The van der Waals surface area contributed by atoms with Crippen molar-refractivity contribution in [3.05, 3.63) is 35.4 Å². The number of aliphatic hydroxyl groups is 1. The second-order valence-electron chi connectivity index (χ2n) is 5.85. The third-order valence-corrected chi connectivity index (χ3v) is 4.52. The highest BCUT2D eigenvalue weighted by Crippen LogP contribution is 2.32. The van der Waals surface area contributed by atoms with E-state index < -0.39 is 6.10 Å². The molecule has 0 bridgehead atoms. The molecule has 102 valence electrons. The molecular weight excluding hydrogens is 238 g/mol. The molecule has 1 saturated carbocycles. The summed E-state index contributed by atoms with van der Waals surface area (Å²) in [5.74, 6) is 0.833. The molecule has 3 nitrogen and oxygen atoms in total. The molecule has 0 aromatic heterocycles. The van der Waals surface area contributed by atoms with Crippen LogP contribution in [0.15, 0.2) is 24.3 Å². The van der Waals surface area contributed by atoms with Crippen molar-refractivity contribution in [3.8, 4) is 0 Å². The molecule has 3 rings (SSSR count). The third-order valence-electron chi connectivity index (χ3n) is 4.52. The summed E-state index contributed by atoms with van der Waals surface area (Å²) in [5, 5.41) is 13.1. The van der Waals surface area contributed by atoms with Gasteiger partial charge in [-0.05, 0) is 23.5 Å². The Morgan fingerprint density at radius 1 is 1.32 bits per heavy atom. The number of carbonyl (C=O) groups is 1. The topological polar surface area (TPSA) is 49.3 Å². The summed E-state index contributed by atoms with van der Waals surface area (Å²) in [4.78, 5) is 12.0. The summed E-state index contributed by atoms with van der Waals surface area (Å²) in [7, 11) is 0. The molecule has 3 heteroatoms. The fourth-order valence-corrected chi connectivity index (χ4v) is 3.11. The number of rotatable bonds is 4. The lowest BCUT2D eigenvalue weighted by molar-refractivity contribution is -0.123. The minimum absolute atomic E-state index is 0.0765. The average Bonchev–Trinajstić information content (AvgIpc) is 2.64. The number of carbonyl (C=O) groups excluding carboxylic acids is 1. The second kappa shape index (κ2) is 5.33. The fraction of sp³-hybridized carbons (Fsp3) is 0.562. The Hall–Kier alpha value is -1.35. The number of fused-ring (bicyclic) bond motifs is 1. The lowest BCUT2D eigenvalue weighted by atomic mass is 9.82. The van der Waals surface area contributed by atoms with Gasteiger partial charge in [0, 0.05) is 12.8 Å². The van der Waals surface area contributed by atoms with Crippen LogP contribution >= 0.6 is 0 Å². The molecule has 2 aliphatic carbocycles. The predicted molar refractivity (Wildman–Crippen MR) is 73.6 cm³/mol. The molecule has 1 fully saturated rings. The van der Waals surface area contributed by atoms with Gasteiger partial charge in [-0.25, -0.2) is 0 Å². The van der Waals surface area contributed by atoms with Gasteiger partial charge in [0.05, 0.1) is 12.1 Å². The van der Waals surface area contributed by atoms with E-state index in [1.54, 1.807) is 0 Å². The Balaban J connectivity index is 1.58. The van der Waals surface area contributed by atoms with Crippen LogP contribution in [-0.4, -0.2) is 17.1 Å². The number of hydrogen-bond acceptors (Lipinski definition) is 2. The first kappa shape index (κ1) is 12.7. The molecule has 0 radical (unpaired) electrons. The van der Waals surface area contributed by atoms with Crippen molar-refractivity contribution >= 4 is 5.91 Å². The Labute approximate surface area is 114 Å². The normalized spacial score (nSPS) is 25.7. The molecule has 19 heavy (non-hydrogen) atoms. The van der Waals surface area contributed by atoms with Crippen LogP contribution in [0, 0.1) is 5.92 Å². The van der Waals surface area contributed by atoms with E-state index in [-0.39, 0.29) is 11.9 Å². The van der Waals surface area contributed by atoms with Gasteiger partial charge in [0.2, 0.25) is 5.91 Å². The summed E-state index contributed by atoms with van der Waals surface area (Å²) in [5.41, 5.74) is 2.23. The van der Waals surface area contributed by atoms with Crippen molar-refractivity contribution in [1.29, 1.82) is 0 Å². The molecule has 1 amide bonds. The van der Waals surface area contributed by atoms with Crippen LogP contribution in [0.25, 0.3) is 0 Å². The van der Waals surface area contributed by atoms with Crippen molar-refractivity contribution in [2.45, 2.75) is 50.7 Å². The van der Waals surface area contributed by atoms with E-state index in [1.807, 2.05) is 24.3 Å². The van der Waals surface area contributed by atoms with E-state index in [2.05, 4.69) is 5.32 Å². The van der Waals surface area contributed by atoms with Gasteiger partial charge in [0.15, 0.2) is 0 Å². The van der Waals surface area contributed by atoms with Crippen molar-refractivity contribution in [3.63, 3.8) is 0 Å². The number of aliphatic hydroxyl groups excluding tert-OH is 1. The van der Waals surface area contributed by atoms with Crippen LogP contribution in [0.1, 0.15) is 49.3 Å². The Kier molecular flexibility index (Phi) is 3.56. The minimum Gasteiger partial charge on any atom is -0.390 e. The van der Waals surface area contributed by atoms with E-state index in [0.717, 1.165) is 23.5 Å². The molecular formula is C16H21NO2. The van der Waals surface area contributed by atoms with Crippen molar-refractivity contribution < 1.29 is 9.90 Å². The van der Waals surface area contributed by atoms with E-state index in [9.17, 15) is 9.90 Å². The first-order valence-corrected chi connectivity index (χ1v) is 7.29. The molecule has 2 atom stereocenters. The summed E-state index contributed by atoms with van der Waals surface area (Å²) in [6.07, 6.45) is 5.63. The van der Waals surface area contributed by atoms with Gasteiger partial charge in [-0.15, -0.1) is 0 Å². The standard InChI is InChI=1S/C16H21NO2/c18-14-10-12-6-1-2-7-13(12)16(14)17-15(19)9-8-11-4-3-5-11/h1-2,6-7,11,14,16,18H,3-5,8-10H2,(H,17,19)/t14-,16+/m0/s1. The predicted octanol–water partition coefficient (Wildman–Crippen LogP) is 2.34. The first-order chi connectivity index (χ1) is 9.24. The zero-order valence-corrected chi connectivity index (χ0v) is 11.1. The lowest BCUT2D eigenvalue weighted by Crippen LogP contribution is -2.34. The van der Waals surface area contributed by atoms with Gasteiger partial charge >= 0.3 is 0 Å². The van der Waals surface area contributed by atoms with Crippen LogP contribution in [0.3, 0.4) is 0 Å². The highest BCUT2D eigenvalue weighted by molar-refractivity contribution is 5.76. The van der Waals surface area contributed by atoms with E-state index in [1.165, 1.54) is 19.3 Å². The van der Waals surface area contributed by atoms with Gasteiger partial charge in [-0.1, -0.05) is 43.5 Å². The van der Waals surface area contributed by atoms with E-state index >= 15 is 0 Å².